The Morgan fingerprint density at radius 1 is 1.02 bits per heavy atom. The molecule has 2 aliphatic carbocycles. The highest BCUT2D eigenvalue weighted by atomic mass is 16.5. The number of carbonyl (C=O) groups is 2. The van der Waals surface area contributed by atoms with E-state index >= 15 is 0 Å². The Kier molecular flexibility index (Phi) is 6.06. The van der Waals surface area contributed by atoms with Gasteiger partial charge >= 0.3 is 0 Å². The summed E-state index contributed by atoms with van der Waals surface area (Å²) in [7, 11) is 3.61. The van der Waals surface area contributed by atoms with Crippen LogP contribution in [0.3, 0.4) is 0 Å². The molecule has 10 nitrogen and oxygen atoms in total. The van der Waals surface area contributed by atoms with Crippen molar-refractivity contribution < 1.29 is 14.3 Å². The second-order valence-electron chi connectivity index (χ2n) is 12.6. The van der Waals surface area contributed by atoms with Crippen LogP contribution in [0.15, 0.2) is 54.6 Å². The van der Waals surface area contributed by atoms with E-state index in [1.165, 1.54) is 12.8 Å². The number of piperidine rings is 1. The second kappa shape index (κ2) is 9.92. The average Bonchev–Trinajstić information content (AvgIpc) is 3.44. The maximum Gasteiger partial charge on any atom is 0.254 e. The summed E-state index contributed by atoms with van der Waals surface area (Å²) >= 11 is 0. The van der Waals surface area contributed by atoms with Crippen LogP contribution in [0, 0.1) is 11.8 Å². The third kappa shape index (κ3) is 4.11. The molecule has 1 saturated heterocycles. The van der Waals surface area contributed by atoms with Crippen molar-refractivity contribution in [1.82, 2.24) is 24.0 Å². The van der Waals surface area contributed by atoms with Gasteiger partial charge in [0.2, 0.25) is 5.91 Å². The lowest BCUT2D eigenvalue weighted by Gasteiger charge is -2.27. The number of rotatable bonds is 7. The molecule has 224 valence electrons. The number of hydrogen-bond acceptors (Lipinski definition) is 6. The number of methoxy groups -OCH3 is 1. The number of benzene rings is 2. The van der Waals surface area contributed by atoms with Crippen LogP contribution in [0.4, 0.5) is 0 Å². The summed E-state index contributed by atoms with van der Waals surface area (Å²) in [6, 6.07) is 17.2. The number of ether oxygens (including phenoxy) is 1. The molecule has 5 aromatic rings. The number of aryl methyl sites for hydroxylation is 1. The maximum atomic E-state index is 13.7. The summed E-state index contributed by atoms with van der Waals surface area (Å²) < 4.78 is 10.1. The average molecular weight is 590 g/mol. The summed E-state index contributed by atoms with van der Waals surface area (Å²) in [5, 5.41) is 0.983. The first-order valence-corrected chi connectivity index (χ1v) is 15.3. The van der Waals surface area contributed by atoms with Gasteiger partial charge in [0, 0.05) is 54.3 Å². The number of nitrogens with two attached hydrogens (primary N) is 2. The predicted octanol–water partition coefficient (Wildman–Crippen LogP) is 4.34. The first kappa shape index (κ1) is 26.9. The number of hydrogen-bond donors (Lipinski definition) is 2. The quantitative estimate of drug-likeness (QED) is 0.290. The Bertz CT molecular complexity index is 1990. The van der Waals surface area contributed by atoms with Gasteiger partial charge in [0.15, 0.2) is 5.82 Å². The third-order valence-corrected chi connectivity index (χ3v) is 9.89. The number of imidazole rings is 1. The van der Waals surface area contributed by atoms with Crippen molar-refractivity contribution in [1.29, 1.82) is 0 Å². The molecule has 2 amide bonds. The van der Waals surface area contributed by atoms with Gasteiger partial charge in [-0.05, 0) is 73.9 Å². The Morgan fingerprint density at radius 2 is 1.84 bits per heavy atom. The summed E-state index contributed by atoms with van der Waals surface area (Å²) in [6.07, 6.45) is 4.39. The summed E-state index contributed by atoms with van der Waals surface area (Å²) in [6.45, 7) is 1.52. The normalized spacial score (nSPS) is 21.1. The smallest absolute Gasteiger partial charge is 0.254 e. The number of primary amides is 1. The molecule has 10 heteroatoms. The zero-order valence-corrected chi connectivity index (χ0v) is 24.9. The van der Waals surface area contributed by atoms with Gasteiger partial charge in [0.05, 0.1) is 24.0 Å². The van der Waals surface area contributed by atoms with Crippen molar-refractivity contribution in [2.24, 2.45) is 30.4 Å². The van der Waals surface area contributed by atoms with Crippen LogP contribution in [-0.4, -0.2) is 61.6 Å². The SMILES string of the molecule is COc1cc(C(=O)N2CC3CCC2[C@@H]3N)cc2nc(-c3cc4ccc(-c5ccccc5C(N)=O)nc4n3CC3CC3)n(C)c12. The van der Waals surface area contributed by atoms with E-state index in [-0.39, 0.29) is 18.0 Å². The van der Waals surface area contributed by atoms with E-state index in [0.29, 0.717) is 52.0 Å². The van der Waals surface area contributed by atoms with Crippen molar-refractivity contribution in [3.63, 3.8) is 0 Å². The van der Waals surface area contributed by atoms with Crippen molar-refractivity contribution in [3.8, 4) is 28.5 Å². The van der Waals surface area contributed by atoms with E-state index in [0.717, 1.165) is 47.5 Å². The van der Waals surface area contributed by atoms with Crippen molar-refractivity contribution in [3.05, 3.63) is 65.7 Å². The lowest BCUT2D eigenvalue weighted by Crippen LogP contribution is -2.41. The van der Waals surface area contributed by atoms with Crippen LogP contribution in [0.2, 0.25) is 0 Å². The zero-order valence-electron chi connectivity index (χ0n) is 24.9. The highest BCUT2D eigenvalue weighted by Gasteiger charge is 2.47. The van der Waals surface area contributed by atoms with E-state index in [4.69, 9.17) is 26.2 Å². The van der Waals surface area contributed by atoms with Gasteiger partial charge < -0.3 is 30.2 Å². The van der Waals surface area contributed by atoms with Crippen molar-refractivity contribution >= 4 is 33.9 Å². The minimum atomic E-state index is -0.483. The number of fused-ring (bicyclic) bond motifs is 4. The molecule has 8 rings (SSSR count). The first-order chi connectivity index (χ1) is 21.3. The van der Waals surface area contributed by atoms with Crippen LogP contribution in [-0.2, 0) is 13.6 Å². The van der Waals surface area contributed by atoms with Gasteiger partial charge in [-0.1, -0.05) is 18.2 Å². The molecule has 0 radical (unpaired) electrons. The van der Waals surface area contributed by atoms with E-state index in [1.807, 2.05) is 52.9 Å². The van der Waals surface area contributed by atoms with Crippen molar-refractivity contribution in [2.45, 2.75) is 44.3 Å². The van der Waals surface area contributed by atoms with Crippen LogP contribution in [0.1, 0.15) is 46.4 Å². The van der Waals surface area contributed by atoms with Crippen LogP contribution >= 0.6 is 0 Å². The Labute approximate surface area is 254 Å². The monoisotopic (exact) mass is 589 g/mol. The molecule has 2 unspecified atom stereocenters. The van der Waals surface area contributed by atoms with Gasteiger partial charge in [0.1, 0.15) is 16.9 Å². The topological polar surface area (TPSA) is 134 Å². The molecule has 2 saturated carbocycles. The van der Waals surface area contributed by atoms with Gasteiger partial charge in [-0.3, -0.25) is 9.59 Å². The molecule has 0 spiro atoms. The number of pyridine rings is 1. The standard InChI is InChI=1S/C34H35N7O3/c1-39-30-25(13-21(15-28(30)44-2)34(43)41-17-20-10-12-26(41)29(20)35)38-33(39)27-14-19-9-11-24(22-5-3-4-6-23(22)31(36)42)37-32(19)40(27)16-18-7-8-18/h3-6,9,11,13-15,18,20,26,29H,7-8,10,12,16-17,35H2,1-2H3,(H2,36,42)/t20?,26?,29-/m1/s1. The van der Waals surface area contributed by atoms with Crippen molar-refractivity contribution in [2.75, 3.05) is 13.7 Å². The lowest BCUT2D eigenvalue weighted by molar-refractivity contribution is 0.0700. The molecular formula is C34H35N7O3. The number of nitrogens with zero attached hydrogens (tertiary/aromatic N) is 5. The second-order valence-corrected chi connectivity index (χ2v) is 12.6. The molecule has 3 fully saturated rings. The molecular weight excluding hydrogens is 554 g/mol. The molecule has 4 heterocycles. The summed E-state index contributed by atoms with van der Waals surface area (Å²) in [5.74, 6) is 1.82. The Balaban J connectivity index is 1.25. The van der Waals surface area contributed by atoms with E-state index in [1.54, 1.807) is 19.2 Å². The number of likely N-dealkylation sites (tertiary alicyclic amines) is 1. The van der Waals surface area contributed by atoms with Crippen LogP contribution in [0.5, 0.6) is 5.75 Å². The molecule has 3 aromatic heterocycles. The number of aromatic nitrogens is 4. The molecule has 2 bridgehead atoms. The zero-order chi connectivity index (χ0) is 30.3. The summed E-state index contributed by atoms with van der Waals surface area (Å²) in [5.41, 5.74) is 17.8. The fourth-order valence-electron chi connectivity index (χ4n) is 7.39. The molecule has 3 atom stereocenters. The lowest BCUT2D eigenvalue weighted by atomic mass is 10.0. The highest BCUT2D eigenvalue weighted by Crippen LogP contribution is 2.40. The van der Waals surface area contributed by atoms with E-state index < -0.39 is 5.91 Å². The maximum absolute atomic E-state index is 13.7. The minimum Gasteiger partial charge on any atom is -0.494 e. The molecule has 44 heavy (non-hydrogen) atoms. The Morgan fingerprint density at radius 3 is 2.55 bits per heavy atom. The van der Waals surface area contributed by atoms with Crippen LogP contribution in [0.25, 0.3) is 44.8 Å². The van der Waals surface area contributed by atoms with Gasteiger partial charge in [-0.25, -0.2) is 9.97 Å². The largest absolute Gasteiger partial charge is 0.494 e. The fourth-order valence-corrected chi connectivity index (χ4v) is 7.39. The van der Waals surface area contributed by atoms with Gasteiger partial charge in [-0.15, -0.1) is 0 Å². The predicted molar refractivity (Wildman–Crippen MR) is 168 cm³/mol. The number of amides is 2. The molecule has 4 N–H and O–H groups in total. The van der Waals surface area contributed by atoms with E-state index in [9.17, 15) is 9.59 Å². The summed E-state index contributed by atoms with van der Waals surface area (Å²) in [4.78, 5) is 38.0. The minimum absolute atomic E-state index is 0.0177. The molecule has 3 aliphatic rings. The highest BCUT2D eigenvalue weighted by molar-refractivity contribution is 6.01. The molecule has 1 aliphatic heterocycles. The number of carbonyl (C=O) groups excluding carboxylic acids is 2. The van der Waals surface area contributed by atoms with E-state index in [2.05, 4.69) is 10.6 Å². The fraction of sp³-hybridized carbons (Fsp3) is 0.353. The Hall–Kier alpha value is -4.70. The van der Waals surface area contributed by atoms with Gasteiger partial charge in [-0.2, -0.15) is 0 Å². The molecule has 2 aromatic carbocycles. The third-order valence-electron chi connectivity index (χ3n) is 9.89. The van der Waals surface area contributed by atoms with Gasteiger partial charge in [0.25, 0.3) is 5.91 Å². The van der Waals surface area contributed by atoms with Crippen LogP contribution < -0.4 is 16.2 Å². The first-order valence-electron chi connectivity index (χ1n) is 15.3.